The van der Waals surface area contributed by atoms with Crippen LogP contribution in [-0.4, -0.2) is 27.8 Å². The summed E-state index contributed by atoms with van der Waals surface area (Å²) in [6.45, 7) is 3.62. The fourth-order valence-corrected chi connectivity index (χ4v) is 2.92. The average molecular weight is 410 g/mol. The van der Waals surface area contributed by atoms with E-state index in [0.717, 1.165) is 4.57 Å². The van der Waals surface area contributed by atoms with Gasteiger partial charge in [-0.15, -0.1) is 8.78 Å². The molecule has 9 nitrogen and oxygen atoms in total. The smallest absolute Gasteiger partial charge is 0.395 e. The Kier molecular flexibility index (Phi) is 5.07. The first-order valence-electron chi connectivity index (χ1n) is 8.76. The van der Waals surface area contributed by atoms with E-state index in [4.69, 9.17) is 5.73 Å². The lowest BCUT2D eigenvalue weighted by Crippen LogP contribution is -2.43. The standard InChI is InChI=1S/C18H20F2N4O5/c1-9(2)8-24-15(21)14(16(26)23(3)17(24)27)11(25)7-22-10-4-5-12-13(6-10)29-18(19,20)28-12/h4-6,9,22H,7-8,21H2,1-3H3. The van der Waals surface area contributed by atoms with Crippen molar-refractivity contribution in [2.75, 3.05) is 17.6 Å². The number of anilines is 2. The number of nitrogens with zero attached hydrogens (tertiary/aromatic N) is 2. The summed E-state index contributed by atoms with van der Waals surface area (Å²) in [7, 11) is 1.27. The third kappa shape index (κ3) is 3.93. The van der Waals surface area contributed by atoms with Gasteiger partial charge in [0.25, 0.3) is 5.56 Å². The van der Waals surface area contributed by atoms with Crippen molar-refractivity contribution in [2.45, 2.75) is 26.7 Å². The van der Waals surface area contributed by atoms with Gasteiger partial charge >= 0.3 is 12.0 Å². The van der Waals surface area contributed by atoms with Gasteiger partial charge in [0.15, 0.2) is 17.3 Å². The highest BCUT2D eigenvalue weighted by Gasteiger charge is 2.43. The molecule has 2 heterocycles. The summed E-state index contributed by atoms with van der Waals surface area (Å²) in [5.74, 6) is -1.12. The van der Waals surface area contributed by atoms with Crippen LogP contribution in [0.1, 0.15) is 24.2 Å². The van der Waals surface area contributed by atoms with Crippen molar-refractivity contribution in [1.82, 2.24) is 9.13 Å². The molecule has 3 N–H and O–H groups in total. The number of halogens is 2. The number of aromatic nitrogens is 2. The number of alkyl halides is 2. The number of fused-ring (bicyclic) bond motifs is 1. The van der Waals surface area contributed by atoms with Crippen LogP contribution in [0.15, 0.2) is 27.8 Å². The van der Waals surface area contributed by atoms with Crippen molar-refractivity contribution in [1.29, 1.82) is 0 Å². The van der Waals surface area contributed by atoms with Gasteiger partial charge in [0.1, 0.15) is 11.4 Å². The SMILES string of the molecule is CC(C)Cn1c(N)c(C(=O)CNc2ccc3c(c2)OC(F)(F)O3)c(=O)n(C)c1=O. The Bertz CT molecular complexity index is 1090. The third-order valence-electron chi connectivity index (χ3n) is 4.26. The first-order valence-corrected chi connectivity index (χ1v) is 8.76. The summed E-state index contributed by atoms with van der Waals surface area (Å²) < 4.78 is 36.9. The van der Waals surface area contributed by atoms with E-state index >= 15 is 0 Å². The highest BCUT2D eigenvalue weighted by atomic mass is 19.3. The Balaban J connectivity index is 1.84. The van der Waals surface area contributed by atoms with E-state index in [-0.39, 0.29) is 41.9 Å². The maximum absolute atomic E-state index is 13.1. The molecule has 0 bridgehead atoms. The molecule has 0 saturated carbocycles. The Morgan fingerprint density at radius 3 is 2.55 bits per heavy atom. The minimum Gasteiger partial charge on any atom is -0.395 e. The topological polar surface area (TPSA) is 118 Å². The van der Waals surface area contributed by atoms with E-state index in [1.807, 2.05) is 13.8 Å². The van der Waals surface area contributed by atoms with Gasteiger partial charge in [-0.1, -0.05) is 13.8 Å². The largest absolute Gasteiger partial charge is 0.586 e. The third-order valence-corrected chi connectivity index (χ3v) is 4.26. The van der Waals surface area contributed by atoms with Gasteiger partial charge in [0.05, 0.1) is 6.54 Å². The Morgan fingerprint density at radius 2 is 1.90 bits per heavy atom. The van der Waals surface area contributed by atoms with Crippen molar-refractivity contribution in [3.05, 3.63) is 44.6 Å². The Labute approximate surface area is 163 Å². The van der Waals surface area contributed by atoms with Crippen LogP contribution in [0, 0.1) is 5.92 Å². The Morgan fingerprint density at radius 1 is 1.24 bits per heavy atom. The molecule has 0 fully saturated rings. The predicted octanol–water partition coefficient (Wildman–Crippen LogP) is 1.40. The number of hydrogen-bond acceptors (Lipinski definition) is 7. The molecule has 29 heavy (non-hydrogen) atoms. The molecule has 0 spiro atoms. The molecule has 0 aliphatic carbocycles. The van der Waals surface area contributed by atoms with Crippen molar-refractivity contribution in [2.24, 2.45) is 13.0 Å². The minimum atomic E-state index is -3.75. The number of hydrogen-bond donors (Lipinski definition) is 2. The molecular weight excluding hydrogens is 390 g/mol. The highest BCUT2D eigenvalue weighted by molar-refractivity contribution is 6.02. The molecule has 3 rings (SSSR count). The summed E-state index contributed by atoms with van der Waals surface area (Å²) in [5, 5.41) is 2.73. The average Bonchev–Trinajstić information content (AvgIpc) is 2.94. The summed E-state index contributed by atoms with van der Waals surface area (Å²) in [4.78, 5) is 37.4. The van der Waals surface area contributed by atoms with E-state index in [2.05, 4.69) is 14.8 Å². The van der Waals surface area contributed by atoms with Gasteiger partial charge in [-0.25, -0.2) is 4.79 Å². The molecule has 2 aromatic rings. The predicted molar refractivity (Wildman–Crippen MR) is 101 cm³/mol. The lowest BCUT2D eigenvalue weighted by Gasteiger charge is -2.16. The summed E-state index contributed by atoms with van der Waals surface area (Å²) in [6, 6.07) is 3.92. The second-order valence-electron chi connectivity index (χ2n) is 7.02. The highest BCUT2D eigenvalue weighted by Crippen LogP contribution is 2.42. The monoisotopic (exact) mass is 410 g/mol. The normalized spacial score (nSPS) is 14.3. The van der Waals surface area contributed by atoms with Gasteiger partial charge in [-0.05, 0) is 18.1 Å². The lowest BCUT2D eigenvalue weighted by molar-refractivity contribution is -0.286. The number of nitrogen functional groups attached to an aromatic ring is 1. The number of carbonyl (C=O) groups excluding carboxylic acids is 1. The maximum Gasteiger partial charge on any atom is 0.586 e. The van der Waals surface area contributed by atoms with Crippen molar-refractivity contribution in [3.63, 3.8) is 0 Å². The van der Waals surface area contributed by atoms with Gasteiger partial charge in [-0.3, -0.25) is 18.7 Å². The number of benzene rings is 1. The molecule has 1 aromatic carbocycles. The number of nitrogens with two attached hydrogens (primary N) is 1. The number of rotatable bonds is 6. The van der Waals surface area contributed by atoms with Crippen LogP contribution < -0.4 is 31.8 Å². The van der Waals surface area contributed by atoms with Crippen molar-refractivity contribution in [3.8, 4) is 11.5 Å². The summed E-state index contributed by atoms with van der Waals surface area (Å²) in [5.41, 5.74) is 4.53. The number of ether oxygens (including phenoxy) is 2. The van der Waals surface area contributed by atoms with E-state index in [1.165, 1.54) is 29.8 Å². The van der Waals surface area contributed by atoms with Crippen LogP contribution in [0.3, 0.4) is 0 Å². The molecule has 1 aromatic heterocycles. The number of carbonyl (C=O) groups is 1. The van der Waals surface area contributed by atoms with E-state index in [0.29, 0.717) is 5.69 Å². The molecule has 11 heteroatoms. The van der Waals surface area contributed by atoms with Gasteiger partial charge in [-0.2, -0.15) is 0 Å². The minimum absolute atomic E-state index is 0.0559. The van der Waals surface area contributed by atoms with Gasteiger partial charge in [0, 0.05) is 25.3 Å². The molecule has 0 unspecified atom stereocenters. The maximum atomic E-state index is 13.1. The number of Topliss-reactive ketones (excluding diaryl/α,β-unsaturated/α-hetero) is 1. The first-order chi connectivity index (χ1) is 13.5. The van der Waals surface area contributed by atoms with Crippen LogP contribution in [0.25, 0.3) is 0 Å². The molecule has 1 aliphatic rings. The zero-order valence-corrected chi connectivity index (χ0v) is 16.0. The van der Waals surface area contributed by atoms with Crippen LogP contribution in [0.5, 0.6) is 11.5 Å². The second-order valence-corrected chi connectivity index (χ2v) is 7.02. The molecule has 0 radical (unpaired) electrons. The molecule has 1 aliphatic heterocycles. The lowest BCUT2D eigenvalue weighted by atomic mass is 10.1. The fourth-order valence-electron chi connectivity index (χ4n) is 2.92. The first kappa shape index (κ1) is 20.4. The van der Waals surface area contributed by atoms with Gasteiger partial charge < -0.3 is 20.5 Å². The zero-order chi connectivity index (χ0) is 21.5. The Hall–Kier alpha value is -3.37. The van der Waals surface area contributed by atoms with Crippen LogP contribution in [-0.2, 0) is 13.6 Å². The van der Waals surface area contributed by atoms with Crippen molar-refractivity contribution < 1.29 is 23.0 Å². The van der Waals surface area contributed by atoms with Crippen LogP contribution in [0.2, 0.25) is 0 Å². The second kappa shape index (κ2) is 7.22. The van der Waals surface area contributed by atoms with E-state index in [9.17, 15) is 23.2 Å². The zero-order valence-electron chi connectivity index (χ0n) is 16.0. The summed E-state index contributed by atoms with van der Waals surface area (Å²) in [6.07, 6.45) is -3.75. The number of nitrogens with one attached hydrogen (secondary N) is 1. The quantitative estimate of drug-likeness (QED) is 0.691. The van der Waals surface area contributed by atoms with Gasteiger partial charge in [0.2, 0.25) is 0 Å². The number of ketones is 1. The fraction of sp³-hybridized carbons (Fsp3) is 0.389. The van der Waals surface area contributed by atoms with Crippen molar-refractivity contribution >= 4 is 17.3 Å². The summed E-state index contributed by atoms with van der Waals surface area (Å²) >= 11 is 0. The van der Waals surface area contributed by atoms with E-state index < -0.39 is 23.3 Å². The molecule has 0 amide bonds. The molecule has 0 saturated heterocycles. The van der Waals surface area contributed by atoms with E-state index in [1.54, 1.807) is 0 Å². The molecule has 0 atom stereocenters. The molecule has 156 valence electrons. The molecular formula is C18H20F2N4O5. The van der Waals surface area contributed by atoms with Crippen LogP contribution in [0.4, 0.5) is 20.3 Å². The van der Waals surface area contributed by atoms with Crippen LogP contribution >= 0.6 is 0 Å².